The molecule has 7 heteroatoms. The van der Waals surface area contributed by atoms with Gasteiger partial charge in [-0.25, -0.2) is 4.79 Å². The van der Waals surface area contributed by atoms with Crippen molar-refractivity contribution in [2.45, 2.75) is 56.9 Å². The van der Waals surface area contributed by atoms with Gasteiger partial charge in [0.25, 0.3) is 0 Å². The molecule has 0 spiro atoms. The highest BCUT2D eigenvalue weighted by molar-refractivity contribution is 5.73. The number of carboxylic acid groups (broad SMARTS) is 1. The summed E-state index contributed by atoms with van der Waals surface area (Å²) in [6.45, 7) is 2.33. The van der Waals surface area contributed by atoms with Gasteiger partial charge in [-0.05, 0) is 6.42 Å². The van der Waals surface area contributed by atoms with Crippen LogP contribution in [0, 0.1) is 0 Å². The Hall–Kier alpha value is -0.730. The Bertz CT molecular complexity index is 270. The normalized spacial score (nSPS) is 36.6. The quantitative estimate of drug-likeness (QED) is 0.459. The summed E-state index contributed by atoms with van der Waals surface area (Å²) in [7, 11) is 0. The summed E-state index contributed by atoms with van der Waals surface area (Å²) >= 11 is 0. The first kappa shape index (κ1) is 15.3. The molecular weight excluding hydrogens is 244 g/mol. The fourth-order valence-electron chi connectivity index (χ4n) is 1.81. The van der Waals surface area contributed by atoms with E-state index in [1.165, 1.54) is 0 Å². The standard InChI is InChI=1S/C11H20O7/c1-2-3-4-5-17-9-7(13)6(12)8(10(14)15)18-11(9)16/h6-9,11-13,16H,2-5H2,1H3,(H,14,15)/t6-,7-,8-,9+,11?/m0/s1. The van der Waals surface area contributed by atoms with Gasteiger partial charge in [-0.3, -0.25) is 0 Å². The Labute approximate surface area is 105 Å². The molecule has 0 aromatic rings. The number of rotatable bonds is 6. The van der Waals surface area contributed by atoms with Crippen molar-refractivity contribution >= 4 is 5.97 Å². The monoisotopic (exact) mass is 264 g/mol. The number of aliphatic hydroxyl groups excluding tert-OH is 3. The molecule has 4 N–H and O–H groups in total. The van der Waals surface area contributed by atoms with Gasteiger partial charge in [0.05, 0.1) is 0 Å². The van der Waals surface area contributed by atoms with Crippen molar-refractivity contribution in [3.05, 3.63) is 0 Å². The van der Waals surface area contributed by atoms with Gasteiger partial charge < -0.3 is 29.9 Å². The van der Waals surface area contributed by atoms with Gasteiger partial charge >= 0.3 is 5.97 Å². The minimum Gasteiger partial charge on any atom is -0.479 e. The van der Waals surface area contributed by atoms with Crippen LogP contribution in [-0.4, -0.2) is 63.7 Å². The smallest absolute Gasteiger partial charge is 0.335 e. The zero-order valence-electron chi connectivity index (χ0n) is 10.2. The predicted octanol–water partition coefficient (Wildman–Crippen LogP) is -0.915. The van der Waals surface area contributed by atoms with Crippen molar-refractivity contribution in [1.82, 2.24) is 0 Å². The highest BCUT2D eigenvalue weighted by Crippen LogP contribution is 2.22. The van der Waals surface area contributed by atoms with Crippen molar-refractivity contribution in [2.24, 2.45) is 0 Å². The van der Waals surface area contributed by atoms with Crippen LogP contribution in [0.15, 0.2) is 0 Å². The van der Waals surface area contributed by atoms with Gasteiger partial charge in [-0.15, -0.1) is 0 Å². The number of carbonyl (C=O) groups is 1. The van der Waals surface area contributed by atoms with Crippen LogP contribution in [-0.2, 0) is 14.3 Å². The first-order valence-corrected chi connectivity index (χ1v) is 6.03. The first-order chi connectivity index (χ1) is 8.49. The molecule has 18 heavy (non-hydrogen) atoms. The van der Waals surface area contributed by atoms with Gasteiger partial charge in [0.2, 0.25) is 0 Å². The summed E-state index contributed by atoms with van der Waals surface area (Å²) in [5.74, 6) is -1.44. The number of hydrogen-bond acceptors (Lipinski definition) is 6. The maximum atomic E-state index is 10.7. The molecular formula is C11H20O7. The van der Waals surface area contributed by atoms with Crippen molar-refractivity contribution in [1.29, 1.82) is 0 Å². The van der Waals surface area contributed by atoms with Gasteiger partial charge in [0, 0.05) is 6.61 Å². The molecule has 1 aliphatic heterocycles. The molecule has 5 atom stereocenters. The average molecular weight is 264 g/mol. The third kappa shape index (κ3) is 3.63. The first-order valence-electron chi connectivity index (χ1n) is 6.03. The fourth-order valence-corrected chi connectivity index (χ4v) is 1.81. The van der Waals surface area contributed by atoms with Crippen LogP contribution in [0.25, 0.3) is 0 Å². The highest BCUT2D eigenvalue weighted by atomic mass is 16.7. The van der Waals surface area contributed by atoms with Gasteiger partial charge in [-0.1, -0.05) is 19.8 Å². The van der Waals surface area contributed by atoms with Gasteiger partial charge in [0.15, 0.2) is 12.4 Å². The second-order valence-electron chi connectivity index (χ2n) is 4.31. The zero-order chi connectivity index (χ0) is 13.7. The molecule has 7 nitrogen and oxygen atoms in total. The molecule has 1 saturated heterocycles. The third-order valence-corrected chi connectivity index (χ3v) is 2.87. The molecule has 1 unspecified atom stereocenters. The third-order valence-electron chi connectivity index (χ3n) is 2.87. The lowest BCUT2D eigenvalue weighted by molar-refractivity contribution is -0.289. The molecule has 1 heterocycles. The summed E-state index contributed by atoms with van der Waals surface area (Å²) in [5, 5.41) is 37.5. The summed E-state index contributed by atoms with van der Waals surface area (Å²) in [4.78, 5) is 10.7. The predicted molar refractivity (Wildman–Crippen MR) is 59.8 cm³/mol. The van der Waals surface area contributed by atoms with E-state index >= 15 is 0 Å². The molecule has 0 aliphatic carbocycles. The Morgan fingerprint density at radius 3 is 2.44 bits per heavy atom. The topological polar surface area (TPSA) is 116 Å². The van der Waals surface area contributed by atoms with Crippen LogP contribution in [0.2, 0.25) is 0 Å². The zero-order valence-corrected chi connectivity index (χ0v) is 10.2. The van der Waals surface area contributed by atoms with Crippen LogP contribution in [0.1, 0.15) is 26.2 Å². The average Bonchev–Trinajstić information content (AvgIpc) is 2.32. The number of unbranched alkanes of at least 4 members (excludes halogenated alkanes) is 2. The van der Waals surface area contributed by atoms with E-state index in [2.05, 4.69) is 0 Å². The second-order valence-corrected chi connectivity index (χ2v) is 4.31. The van der Waals surface area contributed by atoms with E-state index in [1.54, 1.807) is 0 Å². The van der Waals surface area contributed by atoms with Gasteiger partial charge in [0.1, 0.15) is 18.3 Å². The van der Waals surface area contributed by atoms with E-state index in [0.29, 0.717) is 6.61 Å². The molecule has 106 valence electrons. The number of aliphatic carboxylic acids is 1. The molecule has 1 aliphatic rings. The van der Waals surface area contributed by atoms with E-state index in [1.807, 2.05) is 6.92 Å². The number of carboxylic acids is 1. The molecule has 0 saturated carbocycles. The lowest BCUT2D eigenvalue weighted by Gasteiger charge is -2.38. The van der Waals surface area contributed by atoms with Gasteiger partial charge in [-0.2, -0.15) is 0 Å². The number of aliphatic hydroxyl groups is 3. The van der Waals surface area contributed by atoms with Crippen molar-refractivity contribution in [3.8, 4) is 0 Å². The molecule has 0 bridgehead atoms. The highest BCUT2D eigenvalue weighted by Gasteiger charge is 2.47. The summed E-state index contributed by atoms with van der Waals surface area (Å²) in [6, 6.07) is 0. The van der Waals surface area contributed by atoms with E-state index in [4.69, 9.17) is 14.6 Å². The lowest BCUT2D eigenvalue weighted by Crippen LogP contribution is -2.60. The van der Waals surface area contributed by atoms with Crippen molar-refractivity contribution in [2.75, 3.05) is 6.61 Å². The molecule has 0 aromatic carbocycles. The van der Waals surface area contributed by atoms with Crippen LogP contribution >= 0.6 is 0 Å². The largest absolute Gasteiger partial charge is 0.479 e. The minimum atomic E-state index is -1.65. The second kappa shape index (κ2) is 7.01. The van der Waals surface area contributed by atoms with Crippen LogP contribution in [0.5, 0.6) is 0 Å². The molecule has 1 fully saturated rings. The van der Waals surface area contributed by atoms with Crippen LogP contribution in [0.3, 0.4) is 0 Å². The Balaban J connectivity index is 2.52. The van der Waals surface area contributed by atoms with E-state index in [0.717, 1.165) is 19.3 Å². The number of ether oxygens (including phenoxy) is 2. The van der Waals surface area contributed by atoms with E-state index < -0.39 is 36.7 Å². The molecule has 0 amide bonds. The van der Waals surface area contributed by atoms with Crippen molar-refractivity contribution < 1.29 is 34.7 Å². The maximum absolute atomic E-state index is 10.7. The number of hydrogen-bond donors (Lipinski definition) is 4. The Morgan fingerprint density at radius 1 is 1.22 bits per heavy atom. The lowest BCUT2D eigenvalue weighted by atomic mass is 9.99. The summed E-state index contributed by atoms with van der Waals surface area (Å²) in [5.41, 5.74) is 0. The summed E-state index contributed by atoms with van der Waals surface area (Å²) in [6.07, 6.45) is -4.76. The molecule has 1 rings (SSSR count). The van der Waals surface area contributed by atoms with Crippen molar-refractivity contribution in [3.63, 3.8) is 0 Å². The molecule has 0 radical (unpaired) electrons. The Kier molecular flexibility index (Phi) is 5.97. The summed E-state index contributed by atoms with van der Waals surface area (Å²) < 4.78 is 9.95. The Morgan fingerprint density at radius 2 is 1.89 bits per heavy atom. The fraction of sp³-hybridized carbons (Fsp3) is 0.909. The van der Waals surface area contributed by atoms with Crippen LogP contribution < -0.4 is 0 Å². The SMILES string of the molecule is CCCCCO[C@H]1C(O)O[C@H](C(=O)O)[C@@H](O)[C@@H]1O. The van der Waals surface area contributed by atoms with Crippen LogP contribution in [0.4, 0.5) is 0 Å². The molecule has 0 aromatic heterocycles. The minimum absolute atomic E-state index is 0.306. The maximum Gasteiger partial charge on any atom is 0.335 e. The van der Waals surface area contributed by atoms with E-state index in [9.17, 15) is 20.1 Å². The van der Waals surface area contributed by atoms with E-state index in [-0.39, 0.29) is 0 Å².